The van der Waals surface area contributed by atoms with Crippen molar-refractivity contribution in [3.8, 4) is 5.88 Å². The molecule has 0 bridgehead atoms. The smallest absolute Gasteiger partial charge is 0.235 e. The van der Waals surface area contributed by atoms with Crippen molar-refractivity contribution in [2.75, 3.05) is 6.61 Å². The van der Waals surface area contributed by atoms with E-state index in [0.717, 1.165) is 24.5 Å². The van der Waals surface area contributed by atoms with Gasteiger partial charge in [-0.25, -0.2) is 0 Å². The van der Waals surface area contributed by atoms with E-state index < -0.39 is 0 Å². The standard InChI is InChI=1S/C8H14N2O/c1-4-5-11-8-7(2)6-10(3)9-8/h6H,4-5H2,1-3H3. The number of hydrogen-bond donors (Lipinski definition) is 0. The first-order valence-electron chi connectivity index (χ1n) is 3.87. The van der Waals surface area contributed by atoms with Gasteiger partial charge in [-0.15, -0.1) is 5.10 Å². The lowest BCUT2D eigenvalue weighted by Crippen LogP contribution is -1.97. The lowest BCUT2D eigenvalue weighted by atomic mass is 10.4. The third-order valence-electron chi connectivity index (χ3n) is 1.41. The fraction of sp³-hybridized carbons (Fsp3) is 0.625. The van der Waals surface area contributed by atoms with Crippen molar-refractivity contribution in [3.63, 3.8) is 0 Å². The Bertz CT molecular complexity index is 230. The van der Waals surface area contributed by atoms with Gasteiger partial charge in [0, 0.05) is 18.8 Å². The molecule has 0 N–H and O–H groups in total. The summed E-state index contributed by atoms with van der Waals surface area (Å²) in [5.41, 5.74) is 1.10. The Morgan fingerprint density at radius 1 is 1.64 bits per heavy atom. The normalized spacial score (nSPS) is 10.1. The molecule has 0 amide bonds. The van der Waals surface area contributed by atoms with Crippen LogP contribution < -0.4 is 4.74 Å². The summed E-state index contributed by atoms with van der Waals surface area (Å²) < 4.78 is 7.14. The van der Waals surface area contributed by atoms with Crippen LogP contribution in [0.5, 0.6) is 5.88 Å². The van der Waals surface area contributed by atoms with E-state index in [2.05, 4.69) is 12.0 Å². The molecule has 0 saturated carbocycles. The van der Waals surface area contributed by atoms with Crippen LogP contribution in [0, 0.1) is 6.92 Å². The van der Waals surface area contributed by atoms with Crippen molar-refractivity contribution < 1.29 is 4.74 Å². The van der Waals surface area contributed by atoms with Crippen LogP contribution in [0.25, 0.3) is 0 Å². The molecule has 0 atom stereocenters. The fourth-order valence-corrected chi connectivity index (χ4v) is 0.928. The maximum absolute atomic E-state index is 5.37. The van der Waals surface area contributed by atoms with E-state index in [4.69, 9.17) is 4.74 Å². The molecule has 0 aliphatic rings. The Balaban J connectivity index is 2.62. The van der Waals surface area contributed by atoms with Gasteiger partial charge in [0.2, 0.25) is 5.88 Å². The first-order valence-corrected chi connectivity index (χ1v) is 3.87. The zero-order valence-electron chi connectivity index (χ0n) is 7.29. The Labute approximate surface area is 67.0 Å². The van der Waals surface area contributed by atoms with Crippen molar-refractivity contribution in [1.82, 2.24) is 9.78 Å². The molecule has 0 aliphatic carbocycles. The summed E-state index contributed by atoms with van der Waals surface area (Å²) in [6, 6.07) is 0. The first kappa shape index (κ1) is 8.11. The summed E-state index contributed by atoms with van der Waals surface area (Å²) >= 11 is 0. The summed E-state index contributed by atoms with van der Waals surface area (Å²) in [6.45, 7) is 4.83. The molecule has 62 valence electrons. The topological polar surface area (TPSA) is 27.1 Å². The minimum Gasteiger partial charge on any atom is -0.476 e. The highest BCUT2D eigenvalue weighted by Gasteiger charge is 2.01. The van der Waals surface area contributed by atoms with E-state index in [1.54, 1.807) is 4.68 Å². The molecule has 0 saturated heterocycles. The summed E-state index contributed by atoms with van der Waals surface area (Å²) in [5.74, 6) is 0.759. The molecule has 3 nitrogen and oxygen atoms in total. The molecule has 3 heteroatoms. The second-order valence-electron chi connectivity index (χ2n) is 2.64. The maximum Gasteiger partial charge on any atom is 0.235 e. The minimum atomic E-state index is 0.748. The van der Waals surface area contributed by atoms with E-state index in [0.29, 0.717) is 0 Å². The average molecular weight is 154 g/mol. The van der Waals surface area contributed by atoms with Gasteiger partial charge in [-0.1, -0.05) is 6.92 Å². The molecule has 0 aliphatic heterocycles. The molecule has 0 spiro atoms. The average Bonchev–Trinajstić information content (AvgIpc) is 2.26. The molecule has 1 aromatic heterocycles. The molecular formula is C8H14N2O. The zero-order chi connectivity index (χ0) is 8.27. The Kier molecular flexibility index (Phi) is 2.52. The summed E-state index contributed by atoms with van der Waals surface area (Å²) in [7, 11) is 1.89. The number of rotatable bonds is 3. The van der Waals surface area contributed by atoms with E-state index >= 15 is 0 Å². The Morgan fingerprint density at radius 2 is 2.36 bits per heavy atom. The highest BCUT2D eigenvalue weighted by molar-refractivity contribution is 5.20. The van der Waals surface area contributed by atoms with Crippen LogP contribution in [0.3, 0.4) is 0 Å². The number of nitrogens with zero attached hydrogens (tertiary/aromatic N) is 2. The van der Waals surface area contributed by atoms with Gasteiger partial charge in [-0.2, -0.15) is 0 Å². The number of aromatic nitrogens is 2. The first-order chi connectivity index (χ1) is 5.24. The molecule has 1 aromatic rings. The van der Waals surface area contributed by atoms with E-state index in [9.17, 15) is 0 Å². The van der Waals surface area contributed by atoms with E-state index in [1.807, 2.05) is 20.2 Å². The number of hydrogen-bond acceptors (Lipinski definition) is 2. The highest BCUT2D eigenvalue weighted by Crippen LogP contribution is 2.12. The van der Waals surface area contributed by atoms with Crippen LogP contribution in [-0.4, -0.2) is 16.4 Å². The van der Waals surface area contributed by atoms with Gasteiger partial charge in [0.25, 0.3) is 0 Å². The third-order valence-corrected chi connectivity index (χ3v) is 1.41. The van der Waals surface area contributed by atoms with Crippen LogP contribution in [0.1, 0.15) is 18.9 Å². The van der Waals surface area contributed by atoms with Gasteiger partial charge in [-0.05, 0) is 13.3 Å². The molecule has 0 unspecified atom stereocenters. The van der Waals surface area contributed by atoms with E-state index in [-0.39, 0.29) is 0 Å². The predicted molar refractivity (Wildman–Crippen MR) is 43.7 cm³/mol. The van der Waals surface area contributed by atoms with Crippen molar-refractivity contribution in [3.05, 3.63) is 11.8 Å². The largest absolute Gasteiger partial charge is 0.476 e. The van der Waals surface area contributed by atoms with Gasteiger partial charge in [-0.3, -0.25) is 4.68 Å². The van der Waals surface area contributed by atoms with Crippen LogP contribution >= 0.6 is 0 Å². The van der Waals surface area contributed by atoms with Crippen LogP contribution in [0.4, 0.5) is 0 Å². The van der Waals surface area contributed by atoms with Crippen LogP contribution in [-0.2, 0) is 7.05 Å². The third kappa shape index (κ3) is 1.97. The van der Waals surface area contributed by atoms with Gasteiger partial charge >= 0.3 is 0 Å². The van der Waals surface area contributed by atoms with Crippen molar-refractivity contribution >= 4 is 0 Å². The molecule has 1 rings (SSSR count). The summed E-state index contributed by atoms with van der Waals surface area (Å²) in [6.07, 6.45) is 2.97. The lowest BCUT2D eigenvalue weighted by Gasteiger charge is -1.99. The summed E-state index contributed by atoms with van der Waals surface area (Å²) in [4.78, 5) is 0. The van der Waals surface area contributed by atoms with Gasteiger partial charge < -0.3 is 4.74 Å². The highest BCUT2D eigenvalue weighted by atomic mass is 16.5. The van der Waals surface area contributed by atoms with E-state index in [1.165, 1.54) is 0 Å². The van der Waals surface area contributed by atoms with Crippen molar-refractivity contribution in [1.29, 1.82) is 0 Å². The zero-order valence-corrected chi connectivity index (χ0v) is 7.29. The van der Waals surface area contributed by atoms with Crippen molar-refractivity contribution in [2.24, 2.45) is 7.05 Å². The second-order valence-corrected chi connectivity index (χ2v) is 2.64. The lowest BCUT2D eigenvalue weighted by molar-refractivity contribution is 0.300. The maximum atomic E-state index is 5.37. The molecule has 1 heterocycles. The molecule has 0 aromatic carbocycles. The SMILES string of the molecule is CCCOc1nn(C)cc1C. The van der Waals surface area contributed by atoms with Crippen molar-refractivity contribution in [2.45, 2.75) is 20.3 Å². The molecule has 0 fully saturated rings. The molecule has 11 heavy (non-hydrogen) atoms. The predicted octanol–water partition coefficient (Wildman–Crippen LogP) is 1.52. The fourth-order valence-electron chi connectivity index (χ4n) is 0.928. The quantitative estimate of drug-likeness (QED) is 0.660. The van der Waals surface area contributed by atoms with Crippen LogP contribution in [0.2, 0.25) is 0 Å². The second kappa shape index (κ2) is 3.42. The number of aryl methyl sites for hydroxylation is 2. The molecule has 0 radical (unpaired) electrons. The van der Waals surface area contributed by atoms with Gasteiger partial charge in [0.15, 0.2) is 0 Å². The van der Waals surface area contributed by atoms with Gasteiger partial charge in [0.1, 0.15) is 0 Å². The summed E-state index contributed by atoms with van der Waals surface area (Å²) in [5, 5.41) is 4.14. The molecular weight excluding hydrogens is 140 g/mol. The monoisotopic (exact) mass is 154 g/mol. The van der Waals surface area contributed by atoms with Crippen LogP contribution in [0.15, 0.2) is 6.20 Å². The Hall–Kier alpha value is -0.990. The minimum absolute atomic E-state index is 0.748. The number of ether oxygens (including phenoxy) is 1. The Morgan fingerprint density at radius 3 is 2.82 bits per heavy atom. The van der Waals surface area contributed by atoms with Gasteiger partial charge in [0.05, 0.1) is 6.61 Å².